The predicted octanol–water partition coefficient (Wildman–Crippen LogP) is 1.50. The molecular formula is C18H21NO3. The van der Waals surface area contributed by atoms with Crippen LogP contribution in [0.2, 0.25) is 0 Å². The van der Waals surface area contributed by atoms with E-state index in [0.29, 0.717) is 12.0 Å². The lowest BCUT2D eigenvalue weighted by atomic mass is 9.53. The molecule has 5 rings (SSSR count). The van der Waals surface area contributed by atoms with Crippen molar-refractivity contribution in [1.82, 2.24) is 4.90 Å². The maximum atomic E-state index is 10.6. The van der Waals surface area contributed by atoms with Gasteiger partial charge in [0.1, 0.15) is 12.2 Å². The van der Waals surface area contributed by atoms with Gasteiger partial charge in [-0.1, -0.05) is 18.2 Å². The van der Waals surface area contributed by atoms with Crippen LogP contribution in [0.15, 0.2) is 24.3 Å². The lowest BCUT2D eigenvalue weighted by Crippen LogP contribution is -2.64. The van der Waals surface area contributed by atoms with Gasteiger partial charge >= 0.3 is 0 Å². The zero-order valence-electron chi connectivity index (χ0n) is 13.0. The van der Waals surface area contributed by atoms with Crippen molar-refractivity contribution in [3.05, 3.63) is 35.4 Å². The van der Waals surface area contributed by atoms with Crippen molar-refractivity contribution in [2.45, 2.75) is 36.5 Å². The molecule has 2 bridgehead atoms. The Morgan fingerprint density at radius 3 is 3.05 bits per heavy atom. The quantitative estimate of drug-likeness (QED) is 0.798. The first-order valence-corrected chi connectivity index (χ1v) is 8.10. The monoisotopic (exact) mass is 299 g/mol. The highest BCUT2D eigenvalue weighted by molar-refractivity contribution is 5.62. The molecule has 5 atom stereocenters. The predicted molar refractivity (Wildman–Crippen MR) is 82.5 cm³/mol. The highest BCUT2D eigenvalue weighted by Gasteiger charge is 2.64. The van der Waals surface area contributed by atoms with Crippen LogP contribution in [-0.4, -0.2) is 49.0 Å². The summed E-state index contributed by atoms with van der Waals surface area (Å²) in [4.78, 5) is 2.47. The third kappa shape index (κ3) is 1.28. The van der Waals surface area contributed by atoms with Gasteiger partial charge in [-0.2, -0.15) is 0 Å². The normalized spacial score (nSPS) is 41.0. The maximum Gasteiger partial charge on any atom is 0.165 e. The molecule has 2 aliphatic heterocycles. The molecule has 0 saturated carbocycles. The van der Waals surface area contributed by atoms with Gasteiger partial charge in [0.2, 0.25) is 0 Å². The Morgan fingerprint density at radius 2 is 2.23 bits per heavy atom. The first-order valence-electron chi connectivity index (χ1n) is 8.10. The molecule has 4 nitrogen and oxygen atoms in total. The van der Waals surface area contributed by atoms with Crippen LogP contribution >= 0.6 is 0 Å². The topological polar surface area (TPSA) is 41.9 Å². The number of nitrogens with zero attached hydrogens (tertiary/aromatic N) is 1. The van der Waals surface area contributed by atoms with Crippen LogP contribution in [0.1, 0.15) is 17.5 Å². The Labute approximate surface area is 130 Å². The fourth-order valence-electron chi connectivity index (χ4n) is 5.39. The van der Waals surface area contributed by atoms with Gasteiger partial charge in [-0.25, -0.2) is 0 Å². The summed E-state index contributed by atoms with van der Waals surface area (Å²) in [6, 6.07) is 4.70. The average molecular weight is 299 g/mol. The van der Waals surface area contributed by atoms with Crippen LogP contribution in [0.4, 0.5) is 0 Å². The average Bonchev–Trinajstić information content (AvgIpc) is 2.88. The molecule has 4 heteroatoms. The zero-order valence-corrected chi connectivity index (χ0v) is 13.0. The van der Waals surface area contributed by atoms with Gasteiger partial charge in [-0.15, -0.1) is 0 Å². The minimum Gasteiger partial charge on any atom is -0.493 e. The van der Waals surface area contributed by atoms with Crippen LogP contribution in [0, 0.1) is 5.92 Å². The van der Waals surface area contributed by atoms with Crippen molar-refractivity contribution in [1.29, 1.82) is 0 Å². The van der Waals surface area contributed by atoms with Crippen LogP contribution in [0.3, 0.4) is 0 Å². The Kier molecular flexibility index (Phi) is 2.39. The summed E-state index contributed by atoms with van der Waals surface area (Å²) < 4.78 is 11.8. The van der Waals surface area contributed by atoms with E-state index in [4.69, 9.17) is 9.47 Å². The Morgan fingerprint density at radius 1 is 1.36 bits per heavy atom. The molecule has 22 heavy (non-hydrogen) atoms. The minimum absolute atomic E-state index is 0.0806. The van der Waals surface area contributed by atoms with Crippen LogP contribution in [0.5, 0.6) is 11.5 Å². The molecule has 0 aromatic heterocycles. The molecule has 116 valence electrons. The fraction of sp³-hybridized carbons (Fsp3) is 0.556. The van der Waals surface area contributed by atoms with E-state index in [0.717, 1.165) is 30.9 Å². The van der Waals surface area contributed by atoms with E-state index >= 15 is 0 Å². The number of rotatable bonds is 1. The largest absolute Gasteiger partial charge is 0.493 e. The summed E-state index contributed by atoms with van der Waals surface area (Å²) in [5, 5.41) is 10.6. The number of hydrogen-bond acceptors (Lipinski definition) is 4. The van der Waals surface area contributed by atoms with E-state index in [-0.39, 0.29) is 11.5 Å². The second kappa shape index (κ2) is 4.06. The highest BCUT2D eigenvalue weighted by atomic mass is 16.5. The number of aliphatic hydroxyl groups is 1. The number of aliphatic hydroxyl groups excluding tert-OH is 1. The zero-order chi connectivity index (χ0) is 15.1. The molecule has 3 unspecified atom stereocenters. The lowest BCUT2D eigenvalue weighted by molar-refractivity contribution is -0.0453. The molecule has 1 fully saturated rings. The van der Waals surface area contributed by atoms with E-state index in [9.17, 15) is 5.11 Å². The van der Waals surface area contributed by atoms with Crippen LogP contribution in [0.25, 0.3) is 0 Å². The van der Waals surface area contributed by atoms with E-state index in [1.165, 1.54) is 11.1 Å². The third-order valence-corrected chi connectivity index (χ3v) is 6.35. The van der Waals surface area contributed by atoms with Gasteiger partial charge in [0.05, 0.1) is 7.11 Å². The molecular weight excluding hydrogens is 278 g/mol. The van der Waals surface area contributed by atoms with Crippen molar-refractivity contribution in [3.63, 3.8) is 0 Å². The van der Waals surface area contributed by atoms with E-state index in [2.05, 4.69) is 24.1 Å². The van der Waals surface area contributed by atoms with Crippen LogP contribution in [-0.2, 0) is 11.8 Å². The summed E-state index contributed by atoms with van der Waals surface area (Å²) in [6.07, 6.45) is 5.54. The molecule has 2 aliphatic carbocycles. The van der Waals surface area contributed by atoms with Gasteiger partial charge in [-0.3, -0.25) is 0 Å². The summed E-state index contributed by atoms with van der Waals surface area (Å²) in [5.74, 6) is 2.09. The third-order valence-electron chi connectivity index (χ3n) is 6.35. The molecule has 0 amide bonds. The number of likely N-dealkylation sites (N-methyl/N-ethyl adjacent to an activating group) is 1. The summed E-state index contributed by atoms with van der Waals surface area (Å²) in [5.41, 5.74) is 2.60. The molecule has 1 spiro atoms. The number of methoxy groups -OCH3 is 1. The highest BCUT2D eigenvalue weighted by Crippen LogP contribution is 2.62. The molecule has 1 aromatic carbocycles. The van der Waals surface area contributed by atoms with Gasteiger partial charge in [0.25, 0.3) is 0 Å². The standard InChI is InChI=1S/C18H21NO3/c1-19-8-7-18-11-4-5-13(20)17(18)22-16-14(21-2)6-3-10(15(16)18)9-12(11)19/h3-6,11-13,17,20H,7-9H2,1-2H3/t11?,12?,13-,17-,18?/m0/s1. The Balaban J connectivity index is 1.82. The molecule has 2 heterocycles. The van der Waals surface area contributed by atoms with Crippen molar-refractivity contribution in [2.24, 2.45) is 5.92 Å². The van der Waals surface area contributed by atoms with Crippen molar-refractivity contribution >= 4 is 0 Å². The first kappa shape index (κ1) is 13.0. The number of benzene rings is 1. The van der Waals surface area contributed by atoms with Crippen molar-refractivity contribution in [2.75, 3.05) is 20.7 Å². The van der Waals surface area contributed by atoms with Crippen molar-refractivity contribution < 1.29 is 14.6 Å². The molecule has 1 aromatic rings. The minimum atomic E-state index is -0.539. The molecule has 1 saturated heterocycles. The number of likely N-dealkylation sites (tertiary alicyclic amines) is 1. The van der Waals surface area contributed by atoms with Gasteiger partial charge in [0.15, 0.2) is 11.5 Å². The number of ether oxygens (including phenoxy) is 2. The number of hydrogen-bond donors (Lipinski definition) is 1. The second-order valence-corrected chi connectivity index (χ2v) is 7.11. The first-order chi connectivity index (χ1) is 10.7. The van der Waals surface area contributed by atoms with Gasteiger partial charge in [0, 0.05) is 22.9 Å². The van der Waals surface area contributed by atoms with E-state index in [1.807, 2.05) is 12.1 Å². The second-order valence-electron chi connectivity index (χ2n) is 7.11. The fourth-order valence-corrected chi connectivity index (χ4v) is 5.39. The smallest absolute Gasteiger partial charge is 0.165 e. The summed E-state index contributed by atoms with van der Waals surface area (Å²) >= 11 is 0. The molecule has 4 aliphatic rings. The lowest BCUT2D eigenvalue weighted by Gasteiger charge is -2.56. The Bertz CT molecular complexity index is 685. The van der Waals surface area contributed by atoms with Crippen LogP contribution < -0.4 is 9.47 Å². The molecule has 0 radical (unpaired) electrons. The summed E-state index contributed by atoms with van der Waals surface area (Å²) in [7, 11) is 3.91. The Hall–Kier alpha value is -1.52. The van der Waals surface area contributed by atoms with Gasteiger partial charge < -0.3 is 19.5 Å². The van der Waals surface area contributed by atoms with E-state index in [1.54, 1.807) is 7.11 Å². The summed E-state index contributed by atoms with van der Waals surface area (Å²) in [6.45, 7) is 1.05. The SMILES string of the molecule is COc1ccc2c3c1O[C@H]1[C@@H](O)C=CC4C(C2)N(C)CCC341. The maximum absolute atomic E-state index is 10.6. The molecule has 1 N–H and O–H groups in total. The van der Waals surface area contributed by atoms with E-state index < -0.39 is 6.10 Å². The van der Waals surface area contributed by atoms with Gasteiger partial charge in [-0.05, 0) is 38.1 Å². The number of piperidine rings is 1. The van der Waals surface area contributed by atoms with Crippen molar-refractivity contribution in [3.8, 4) is 11.5 Å².